The van der Waals surface area contributed by atoms with E-state index in [1.54, 1.807) is 21.2 Å². The quantitative estimate of drug-likeness (QED) is 0.144. The standard InChI is InChI=1S/C34H22GeN4S2/c1-35(2)23-17-27(29-21-9-5-3-7-19(21)15-25-31(29)38-13-11-36-25)40-33(23)34-24(35)18-28(41-34)30-22-10-6-4-8-20(22)16-26-32(30)39-14-12-37-26/h3-18H,1-2H3. The molecule has 0 saturated heterocycles. The van der Waals surface area contributed by atoms with Gasteiger partial charge in [-0.1, -0.05) is 0 Å². The van der Waals surface area contributed by atoms with Gasteiger partial charge in [-0.15, -0.1) is 0 Å². The molecule has 0 bridgehead atoms. The summed E-state index contributed by atoms with van der Waals surface area (Å²) in [5.41, 5.74) is 6.25. The third-order valence-corrected chi connectivity index (χ3v) is 19.0. The normalized spacial score (nSPS) is 13.8. The van der Waals surface area contributed by atoms with Gasteiger partial charge in [0.1, 0.15) is 0 Å². The van der Waals surface area contributed by atoms with Gasteiger partial charge in [-0.3, -0.25) is 0 Å². The first-order valence-corrected chi connectivity index (χ1v) is 21.6. The van der Waals surface area contributed by atoms with Crippen molar-refractivity contribution in [2.45, 2.75) is 11.5 Å². The fourth-order valence-electron chi connectivity index (χ4n) is 6.48. The Kier molecular flexibility index (Phi) is 4.92. The average Bonchev–Trinajstić information content (AvgIpc) is 3.68. The van der Waals surface area contributed by atoms with Crippen LogP contribution in [0.3, 0.4) is 0 Å². The molecule has 41 heavy (non-hydrogen) atoms. The number of fused-ring (bicyclic) bond motifs is 7. The van der Waals surface area contributed by atoms with Crippen molar-refractivity contribution in [3.05, 3.63) is 97.6 Å². The topological polar surface area (TPSA) is 51.6 Å². The fraction of sp³-hybridized carbons (Fsp3) is 0.0588. The van der Waals surface area contributed by atoms with Crippen molar-refractivity contribution in [2.24, 2.45) is 0 Å². The summed E-state index contributed by atoms with van der Waals surface area (Å²) < 4.78 is 3.15. The number of aromatic nitrogens is 4. The summed E-state index contributed by atoms with van der Waals surface area (Å²) in [6.45, 7) is 0. The summed E-state index contributed by atoms with van der Waals surface area (Å²) >= 11 is 1.29. The van der Waals surface area contributed by atoms with Crippen LogP contribution in [0, 0.1) is 0 Å². The molecule has 1 aliphatic heterocycles. The Hall–Kier alpha value is -3.98. The van der Waals surface area contributed by atoms with Gasteiger partial charge >= 0.3 is 248 Å². The number of hydrogen-bond donors (Lipinski definition) is 0. The van der Waals surface area contributed by atoms with Crippen molar-refractivity contribution in [3.63, 3.8) is 0 Å². The Labute approximate surface area is 246 Å². The van der Waals surface area contributed by atoms with E-state index in [4.69, 9.17) is 9.97 Å². The molecule has 8 aromatic rings. The number of thiophene rings is 2. The molecule has 5 heterocycles. The van der Waals surface area contributed by atoms with Crippen molar-refractivity contribution >= 4 is 88.3 Å². The third kappa shape index (κ3) is 3.32. The number of hydrogen-bond acceptors (Lipinski definition) is 6. The van der Waals surface area contributed by atoms with E-state index in [1.165, 1.54) is 52.2 Å². The van der Waals surface area contributed by atoms with Gasteiger partial charge in [0, 0.05) is 0 Å². The summed E-state index contributed by atoms with van der Waals surface area (Å²) in [6, 6.07) is 26.5. The monoisotopic (exact) mass is 624 g/mol. The van der Waals surface area contributed by atoms with E-state index in [2.05, 4.69) is 94.3 Å². The Bertz CT molecular complexity index is 2100. The summed E-state index contributed by atoms with van der Waals surface area (Å²) in [4.78, 5) is 24.5. The molecular weight excluding hydrogens is 601 g/mol. The molecule has 0 amide bonds. The van der Waals surface area contributed by atoms with Gasteiger partial charge in [-0.05, 0) is 0 Å². The number of rotatable bonds is 2. The van der Waals surface area contributed by atoms with Crippen LogP contribution in [0.2, 0.25) is 11.5 Å². The van der Waals surface area contributed by atoms with Gasteiger partial charge in [0.05, 0.1) is 0 Å². The molecule has 0 fully saturated rings. The second kappa shape index (κ2) is 8.52. The van der Waals surface area contributed by atoms with Crippen LogP contribution in [0.5, 0.6) is 0 Å². The van der Waals surface area contributed by atoms with Crippen molar-refractivity contribution in [2.75, 3.05) is 0 Å². The van der Waals surface area contributed by atoms with E-state index in [9.17, 15) is 0 Å². The molecule has 9 rings (SSSR count). The molecule has 0 radical (unpaired) electrons. The maximum atomic E-state index is 4.82. The molecule has 4 nitrogen and oxygen atoms in total. The summed E-state index contributed by atoms with van der Waals surface area (Å²) in [5.74, 6) is 5.08. The van der Waals surface area contributed by atoms with Crippen LogP contribution in [-0.2, 0) is 0 Å². The van der Waals surface area contributed by atoms with E-state index in [1.807, 2.05) is 35.1 Å². The van der Waals surface area contributed by atoms with Crippen LogP contribution in [0.4, 0.5) is 0 Å². The predicted octanol–water partition coefficient (Wildman–Crippen LogP) is 8.14. The third-order valence-electron chi connectivity index (χ3n) is 8.48. The van der Waals surface area contributed by atoms with Crippen molar-refractivity contribution in [1.82, 2.24) is 19.9 Å². The van der Waals surface area contributed by atoms with Gasteiger partial charge in [0.25, 0.3) is 0 Å². The minimum absolute atomic E-state index is 0.943. The van der Waals surface area contributed by atoms with Crippen LogP contribution >= 0.6 is 22.7 Å². The molecule has 0 aliphatic carbocycles. The molecule has 0 spiro atoms. The first-order chi connectivity index (χ1) is 20.1. The van der Waals surface area contributed by atoms with Crippen LogP contribution < -0.4 is 8.79 Å². The molecule has 0 unspecified atom stereocenters. The molecule has 4 aromatic heterocycles. The first kappa shape index (κ1) is 23.7. The summed E-state index contributed by atoms with van der Waals surface area (Å²) in [6.07, 6.45) is 7.19. The van der Waals surface area contributed by atoms with E-state index in [-0.39, 0.29) is 0 Å². The zero-order valence-corrected chi connectivity index (χ0v) is 26.1. The van der Waals surface area contributed by atoms with E-state index in [0.29, 0.717) is 0 Å². The Balaban J connectivity index is 1.30. The van der Waals surface area contributed by atoms with E-state index >= 15 is 0 Å². The van der Waals surface area contributed by atoms with Gasteiger partial charge in [-0.2, -0.15) is 0 Å². The zero-order chi connectivity index (χ0) is 27.3. The second-order valence-electron chi connectivity index (χ2n) is 11.1. The molecule has 4 aromatic carbocycles. The molecule has 7 heteroatoms. The predicted molar refractivity (Wildman–Crippen MR) is 176 cm³/mol. The molecule has 1 aliphatic rings. The van der Waals surface area contributed by atoms with Crippen LogP contribution in [0.15, 0.2) is 97.6 Å². The Morgan fingerprint density at radius 1 is 0.537 bits per heavy atom. The first-order valence-electron chi connectivity index (χ1n) is 13.6. The fourth-order valence-corrected chi connectivity index (χ4v) is 18.6. The average molecular weight is 623 g/mol. The molecule has 0 atom stereocenters. The minimum atomic E-state index is -2.56. The SMILES string of the molecule is [CH3][Ge]1([CH3])[c]2cc(-c3c4ccccc4cc4nccnc34)sc2-c2sc(-c3c4ccccc4cc4nccnc34)c[c]21. The Morgan fingerprint density at radius 2 is 0.976 bits per heavy atom. The molecule has 0 saturated carbocycles. The van der Waals surface area contributed by atoms with Crippen molar-refractivity contribution in [1.29, 1.82) is 0 Å². The molecular formula is C34H22GeN4S2. The summed E-state index contributed by atoms with van der Waals surface area (Å²) in [5, 5.41) is 4.87. The Morgan fingerprint density at radius 3 is 1.46 bits per heavy atom. The molecule has 0 N–H and O–H groups in total. The summed E-state index contributed by atoms with van der Waals surface area (Å²) in [7, 11) is 0. The van der Waals surface area contributed by atoms with Gasteiger partial charge in [0.2, 0.25) is 0 Å². The maximum absolute atomic E-state index is 4.82. The van der Waals surface area contributed by atoms with E-state index in [0.717, 1.165) is 22.1 Å². The van der Waals surface area contributed by atoms with Gasteiger partial charge < -0.3 is 0 Å². The molecule has 194 valence electrons. The van der Waals surface area contributed by atoms with Crippen molar-refractivity contribution in [3.8, 4) is 30.6 Å². The van der Waals surface area contributed by atoms with Crippen LogP contribution in [-0.4, -0.2) is 33.2 Å². The number of nitrogens with zero attached hydrogens (tertiary/aromatic N) is 4. The van der Waals surface area contributed by atoms with Crippen LogP contribution in [0.1, 0.15) is 0 Å². The number of benzene rings is 4. The van der Waals surface area contributed by atoms with Crippen LogP contribution in [0.25, 0.3) is 74.2 Å². The van der Waals surface area contributed by atoms with Gasteiger partial charge in [0.15, 0.2) is 0 Å². The second-order valence-corrected chi connectivity index (χ2v) is 22.3. The van der Waals surface area contributed by atoms with Crippen molar-refractivity contribution < 1.29 is 0 Å². The zero-order valence-electron chi connectivity index (χ0n) is 22.3. The van der Waals surface area contributed by atoms with E-state index < -0.39 is 13.3 Å². The van der Waals surface area contributed by atoms with Gasteiger partial charge in [-0.25, -0.2) is 0 Å².